The Morgan fingerprint density at radius 3 is 2.70 bits per heavy atom. The van der Waals surface area contributed by atoms with Gasteiger partial charge < -0.3 is 15.5 Å². The Morgan fingerprint density at radius 1 is 1.17 bits per heavy atom. The Bertz CT molecular complexity index is 615. The molecule has 0 radical (unpaired) electrons. The van der Waals surface area contributed by atoms with Gasteiger partial charge in [0.1, 0.15) is 5.69 Å². The molecule has 0 aliphatic heterocycles. The predicted molar refractivity (Wildman–Crippen MR) is 91.3 cm³/mol. The van der Waals surface area contributed by atoms with Gasteiger partial charge in [-0.1, -0.05) is 0 Å². The lowest BCUT2D eigenvalue weighted by molar-refractivity contribution is 0.0947. The molecular weight excluding hydrogens is 290 g/mol. The average Bonchev–Trinajstić information content (AvgIpc) is 2.58. The molecule has 6 heteroatoms. The molecule has 0 aromatic carbocycles. The number of amides is 1. The first-order chi connectivity index (χ1) is 11.1. The van der Waals surface area contributed by atoms with Crippen LogP contribution in [0.15, 0.2) is 42.9 Å². The first kappa shape index (κ1) is 16.9. The lowest BCUT2D eigenvalue weighted by atomic mass is 10.2. The molecule has 0 atom stereocenters. The highest BCUT2D eigenvalue weighted by Crippen LogP contribution is 2.10. The van der Waals surface area contributed by atoms with Crippen LogP contribution in [0.2, 0.25) is 0 Å². The van der Waals surface area contributed by atoms with Gasteiger partial charge in [-0.05, 0) is 56.9 Å². The molecule has 2 heterocycles. The summed E-state index contributed by atoms with van der Waals surface area (Å²) in [6, 6.07) is 7.52. The van der Waals surface area contributed by atoms with Gasteiger partial charge in [0.2, 0.25) is 0 Å². The van der Waals surface area contributed by atoms with E-state index < -0.39 is 0 Å². The van der Waals surface area contributed by atoms with Crippen LogP contribution in [0.25, 0.3) is 0 Å². The number of hydrogen-bond donors (Lipinski definition) is 2. The van der Waals surface area contributed by atoms with Crippen LogP contribution in [0.5, 0.6) is 0 Å². The zero-order valence-electron chi connectivity index (χ0n) is 13.6. The normalized spacial score (nSPS) is 10.6. The number of nitrogens with one attached hydrogen (secondary N) is 2. The summed E-state index contributed by atoms with van der Waals surface area (Å²) < 4.78 is 0. The largest absolute Gasteiger partial charge is 0.381 e. The molecule has 2 aromatic rings. The van der Waals surface area contributed by atoms with E-state index in [2.05, 4.69) is 25.5 Å². The summed E-state index contributed by atoms with van der Waals surface area (Å²) in [5.74, 6) is -0.142. The molecule has 122 valence electrons. The van der Waals surface area contributed by atoms with E-state index >= 15 is 0 Å². The third kappa shape index (κ3) is 6.04. The van der Waals surface area contributed by atoms with E-state index in [9.17, 15) is 4.79 Å². The maximum atomic E-state index is 12.1. The number of rotatable bonds is 8. The predicted octanol–water partition coefficient (Wildman–Crippen LogP) is 1.77. The molecule has 0 spiro atoms. The van der Waals surface area contributed by atoms with Crippen molar-refractivity contribution >= 4 is 11.6 Å². The molecule has 0 unspecified atom stereocenters. The van der Waals surface area contributed by atoms with Crippen molar-refractivity contribution < 1.29 is 4.79 Å². The van der Waals surface area contributed by atoms with Gasteiger partial charge >= 0.3 is 0 Å². The van der Waals surface area contributed by atoms with Crippen LogP contribution in [0.1, 0.15) is 22.5 Å². The van der Waals surface area contributed by atoms with Crippen molar-refractivity contribution in [3.63, 3.8) is 0 Å². The summed E-state index contributed by atoms with van der Waals surface area (Å²) in [6.07, 6.45) is 6.08. The van der Waals surface area contributed by atoms with Gasteiger partial charge in [0, 0.05) is 37.4 Å². The molecule has 2 rings (SSSR count). The fourth-order valence-corrected chi connectivity index (χ4v) is 2.06. The molecule has 1 amide bonds. The van der Waals surface area contributed by atoms with Crippen LogP contribution in [0, 0.1) is 0 Å². The smallest absolute Gasteiger partial charge is 0.269 e. The maximum Gasteiger partial charge on any atom is 0.269 e. The van der Waals surface area contributed by atoms with Crippen LogP contribution < -0.4 is 10.6 Å². The Kier molecular flexibility index (Phi) is 6.50. The Hall–Kier alpha value is -2.47. The van der Waals surface area contributed by atoms with E-state index in [4.69, 9.17) is 0 Å². The lowest BCUT2D eigenvalue weighted by Gasteiger charge is -2.10. The first-order valence-corrected chi connectivity index (χ1v) is 7.67. The minimum Gasteiger partial charge on any atom is -0.381 e. The summed E-state index contributed by atoms with van der Waals surface area (Å²) in [4.78, 5) is 22.3. The van der Waals surface area contributed by atoms with Gasteiger partial charge in [-0.3, -0.25) is 14.8 Å². The van der Waals surface area contributed by atoms with Gasteiger partial charge in [0.15, 0.2) is 0 Å². The zero-order valence-corrected chi connectivity index (χ0v) is 13.6. The summed E-state index contributed by atoms with van der Waals surface area (Å²) in [7, 11) is 4.03. The Morgan fingerprint density at radius 2 is 1.96 bits per heavy atom. The molecule has 2 aromatic heterocycles. The summed E-state index contributed by atoms with van der Waals surface area (Å²) in [5.41, 5.74) is 2.43. The highest BCUT2D eigenvalue weighted by Gasteiger charge is 2.07. The monoisotopic (exact) mass is 313 g/mol. The second-order valence-electron chi connectivity index (χ2n) is 5.55. The van der Waals surface area contributed by atoms with Crippen LogP contribution >= 0.6 is 0 Å². The number of anilines is 1. The number of pyridine rings is 2. The van der Waals surface area contributed by atoms with Crippen molar-refractivity contribution in [1.82, 2.24) is 20.2 Å². The highest BCUT2D eigenvalue weighted by molar-refractivity contribution is 5.93. The van der Waals surface area contributed by atoms with Crippen molar-refractivity contribution in [3.05, 3.63) is 54.1 Å². The highest BCUT2D eigenvalue weighted by atomic mass is 16.1. The molecule has 0 fully saturated rings. The van der Waals surface area contributed by atoms with Crippen molar-refractivity contribution in [1.29, 1.82) is 0 Å². The summed E-state index contributed by atoms with van der Waals surface area (Å²) >= 11 is 0. The van der Waals surface area contributed by atoms with Crippen molar-refractivity contribution in [2.45, 2.75) is 13.0 Å². The van der Waals surface area contributed by atoms with Gasteiger partial charge in [-0.2, -0.15) is 0 Å². The van der Waals surface area contributed by atoms with E-state index in [1.165, 1.54) is 0 Å². The number of carbonyl (C=O) groups is 1. The average molecular weight is 313 g/mol. The molecule has 0 bridgehead atoms. The van der Waals surface area contributed by atoms with E-state index in [0.29, 0.717) is 18.8 Å². The van der Waals surface area contributed by atoms with Crippen molar-refractivity contribution in [2.75, 3.05) is 32.5 Å². The van der Waals surface area contributed by atoms with Gasteiger partial charge in [0.05, 0.1) is 0 Å². The summed E-state index contributed by atoms with van der Waals surface area (Å²) in [6.45, 7) is 2.27. The molecule has 0 saturated heterocycles. The standard InChI is InChI=1S/C17H23N5O/c1-22(2)11-3-7-20-17(23)16-12-15(6-10-19-16)21-13-14-4-8-18-9-5-14/h4-6,8-10,12H,3,7,11,13H2,1-2H3,(H,19,21)(H,20,23). The first-order valence-electron chi connectivity index (χ1n) is 7.67. The van der Waals surface area contributed by atoms with Crippen LogP contribution in [0.4, 0.5) is 5.69 Å². The molecule has 0 aliphatic carbocycles. The third-order valence-electron chi connectivity index (χ3n) is 3.31. The number of aromatic nitrogens is 2. The van der Waals surface area contributed by atoms with E-state index in [-0.39, 0.29) is 5.91 Å². The van der Waals surface area contributed by atoms with E-state index in [1.807, 2.05) is 32.3 Å². The maximum absolute atomic E-state index is 12.1. The molecule has 0 aliphatic rings. The van der Waals surface area contributed by atoms with Crippen molar-refractivity contribution in [2.24, 2.45) is 0 Å². The fraction of sp³-hybridized carbons (Fsp3) is 0.353. The van der Waals surface area contributed by atoms with Crippen LogP contribution in [-0.2, 0) is 6.54 Å². The number of carbonyl (C=O) groups excluding carboxylic acids is 1. The van der Waals surface area contributed by atoms with Gasteiger partial charge in [0.25, 0.3) is 5.91 Å². The van der Waals surface area contributed by atoms with E-state index in [0.717, 1.165) is 24.2 Å². The second kappa shape index (κ2) is 8.85. The lowest BCUT2D eigenvalue weighted by Crippen LogP contribution is -2.27. The zero-order chi connectivity index (χ0) is 16.5. The number of hydrogen-bond acceptors (Lipinski definition) is 5. The fourth-order valence-electron chi connectivity index (χ4n) is 2.06. The van der Waals surface area contributed by atoms with Gasteiger partial charge in [-0.25, -0.2) is 0 Å². The minimum absolute atomic E-state index is 0.142. The molecule has 0 saturated carbocycles. The van der Waals surface area contributed by atoms with Crippen LogP contribution in [0.3, 0.4) is 0 Å². The van der Waals surface area contributed by atoms with Crippen LogP contribution in [-0.4, -0.2) is 48.0 Å². The summed E-state index contributed by atoms with van der Waals surface area (Å²) in [5, 5.41) is 6.18. The van der Waals surface area contributed by atoms with Crippen molar-refractivity contribution in [3.8, 4) is 0 Å². The molecule has 23 heavy (non-hydrogen) atoms. The third-order valence-corrected chi connectivity index (χ3v) is 3.31. The Balaban J connectivity index is 1.85. The van der Waals surface area contributed by atoms with E-state index in [1.54, 1.807) is 24.7 Å². The SMILES string of the molecule is CN(C)CCCNC(=O)c1cc(NCc2ccncc2)ccn1. The van der Waals surface area contributed by atoms with Gasteiger partial charge in [-0.15, -0.1) is 0 Å². The minimum atomic E-state index is -0.142. The Labute approximate surface area is 137 Å². The second-order valence-corrected chi connectivity index (χ2v) is 5.55. The molecular formula is C17H23N5O. The number of nitrogens with zero attached hydrogens (tertiary/aromatic N) is 3. The molecule has 6 nitrogen and oxygen atoms in total. The quantitative estimate of drug-likeness (QED) is 0.727. The topological polar surface area (TPSA) is 70.2 Å². The molecule has 2 N–H and O–H groups in total.